The maximum Gasteiger partial charge on any atom is 0.330 e. The van der Waals surface area contributed by atoms with Gasteiger partial charge >= 0.3 is 12.0 Å². The van der Waals surface area contributed by atoms with Crippen LogP contribution in [0.5, 0.6) is 0 Å². The number of urea groups is 1. The zero-order valence-corrected chi connectivity index (χ0v) is 13.3. The quantitative estimate of drug-likeness (QED) is 0.312. The minimum absolute atomic E-state index is 0.163. The van der Waals surface area contributed by atoms with Crippen LogP contribution in [0.3, 0.4) is 0 Å². The second-order valence-electron chi connectivity index (χ2n) is 5.03. The molecule has 0 rings (SSSR count). The van der Waals surface area contributed by atoms with Gasteiger partial charge in [-0.3, -0.25) is 0 Å². The molecule has 0 spiro atoms. The molecule has 0 saturated heterocycles. The zero-order valence-electron chi connectivity index (χ0n) is 13.3. The molecule has 0 radical (unpaired) electrons. The van der Waals surface area contributed by atoms with Gasteiger partial charge in [0.05, 0.1) is 6.54 Å². The van der Waals surface area contributed by atoms with Gasteiger partial charge in [0.15, 0.2) is 0 Å². The Hall–Kier alpha value is -1.52. The Labute approximate surface area is 128 Å². The van der Waals surface area contributed by atoms with E-state index in [1.807, 2.05) is 0 Å². The van der Waals surface area contributed by atoms with Gasteiger partial charge in [0.2, 0.25) is 0 Å². The Kier molecular flexibility index (Phi) is 13.8. The lowest BCUT2D eigenvalue weighted by atomic mass is 10.1. The number of esters is 1. The predicted molar refractivity (Wildman–Crippen MR) is 85.2 cm³/mol. The highest BCUT2D eigenvalue weighted by atomic mass is 16.5. The van der Waals surface area contributed by atoms with Crippen molar-refractivity contribution >= 4 is 12.0 Å². The van der Waals surface area contributed by atoms with Crippen LogP contribution in [0.1, 0.15) is 58.3 Å². The number of carbonyl (C=O) groups excluding carboxylic acids is 2. The van der Waals surface area contributed by atoms with Crippen LogP contribution >= 0.6 is 0 Å². The molecule has 0 aromatic heterocycles. The van der Waals surface area contributed by atoms with Crippen molar-refractivity contribution in [3.05, 3.63) is 12.7 Å². The first kappa shape index (κ1) is 19.5. The molecule has 0 aliphatic rings. The third kappa shape index (κ3) is 14.7. The Balaban J connectivity index is 3.23. The molecule has 0 saturated carbocycles. The molecule has 0 atom stereocenters. The number of ether oxygens (including phenoxy) is 1. The van der Waals surface area contributed by atoms with E-state index in [1.54, 1.807) is 0 Å². The van der Waals surface area contributed by atoms with Gasteiger partial charge < -0.3 is 15.4 Å². The van der Waals surface area contributed by atoms with Gasteiger partial charge in [-0.05, 0) is 6.42 Å². The van der Waals surface area contributed by atoms with Crippen molar-refractivity contribution in [1.29, 1.82) is 0 Å². The standard InChI is InChI=1S/C16H30N2O3/c1-3-5-6-7-8-9-10-11-12-17-16(20)18-13-14-21-15(19)4-2/h4H,2-3,5-14H2,1H3,(H2,17,18,20). The molecule has 0 heterocycles. The zero-order chi connectivity index (χ0) is 15.8. The minimum atomic E-state index is -0.476. The van der Waals surface area contributed by atoms with E-state index >= 15 is 0 Å². The van der Waals surface area contributed by atoms with Crippen LogP contribution in [0, 0.1) is 0 Å². The van der Waals surface area contributed by atoms with Crippen LogP contribution < -0.4 is 10.6 Å². The fraction of sp³-hybridized carbons (Fsp3) is 0.750. The van der Waals surface area contributed by atoms with Crippen molar-refractivity contribution < 1.29 is 14.3 Å². The lowest BCUT2D eigenvalue weighted by Crippen LogP contribution is -2.37. The van der Waals surface area contributed by atoms with Gasteiger partial charge in [-0.1, -0.05) is 58.4 Å². The normalized spacial score (nSPS) is 9.95. The summed E-state index contributed by atoms with van der Waals surface area (Å²) >= 11 is 0. The Morgan fingerprint density at radius 3 is 2.14 bits per heavy atom. The largest absolute Gasteiger partial charge is 0.461 e. The second-order valence-corrected chi connectivity index (χ2v) is 5.03. The summed E-state index contributed by atoms with van der Waals surface area (Å²) in [5.74, 6) is -0.476. The molecule has 0 unspecified atom stereocenters. The fourth-order valence-electron chi connectivity index (χ4n) is 1.90. The maximum absolute atomic E-state index is 11.4. The van der Waals surface area contributed by atoms with E-state index < -0.39 is 5.97 Å². The van der Waals surface area contributed by atoms with Gasteiger partial charge in [0, 0.05) is 12.6 Å². The average molecular weight is 298 g/mol. The van der Waals surface area contributed by atoms with Crippen LogP contribution in [0.15, 0.2) is 12.7 Å². The number of unbranched alkanes of at least 4 members (excludes halogenated alkanes) is 7. The summed E-state index contributed by atoms with van der Waals surface area (Å²) in [5.41, 5.74) is 0. The Morgan fingerprint density at radius 2 is 1.52 bits per heavy atom. The van der Waals surface area contributed by atoms with E-state index in [4.69, 9.17) is 4.74 Å². The number of nitrogens with one attached hydrogen (secondary N) is 2. The van der Waals surface area contributed by atoms with E-state index in [0.717, 1.165) is 18.9 Å². The number of amides is 2. The third-order valence-corrected chi connectivity index (χ3v) is 3.11. The lowest BCUT2D eigenvalue weighted by Gasteiger charge is -2.07. The molecule has 122 valence electrons. The average Bonchev–Trinajstić information content (AvgIpc) is 2.49. The monoisotopic (exact) mass is 298 g/mol. The summed E-state index contributed by atoms with van der Waals surface area (Å²) < 4.78 is 4.74. The minimum Gasteiger partial charge on any atom is -0.461 e. The molecule has 2 amide bonds. The van der Waals surface area contributed by atoms with Crippen LogP contribution in [0.4, 0.5) is 4.79 Å². The summed E-state index contributed by atoms with van der Waals surface area (Å²) in [5, 5.41) is 5.41. The van der Waals surface area contributed by atoms with Crippen molar-refractivity contribution in [2.24, 2.45) is 0 Å². The van der Waals surface area contributed by atoms with Crippen molar-refractivity contribution in [3.8, 4) is 0 Å². The molecular formula is C16H30N2O3. The number of carbonyl (C=O) groups is 2. The summed E-state index contributed by atoms with van der Waals surface area (Å²) in [6.45, 7) is 6.67. The van der Waals surface area contributed by atoms with Crippen molar-refractivity contribution in [2.75, 3.05) is 19.7 Å². The first-order chi connectivity index (χ1) is 10.2. The molecule has 0 bridgehead atoms. The molecule has 0 aromatic carbocycles. The number of hydrogen-bond acceptors (Lipinski definition) is 3. The molecule has 0 fully saturated rings. The Morgan fingerprint density at radius 1 is 0.952 bits per heavy atom. The highest BCUT2D eigenvalue weighted by molar-refractivity contribution is 5.81. The number of rotatable bonds is 13. The van der Waals surface area contributed by atoms with Crippen LogP contribution in [-0.2, 0) is 9.53 Å². The van der Waals surface area contributed by atoms with Gasteiger partial charge in [-0.2, -0.15) is 0 Å². The van der Waals surface area contributed by atoms with Gasteiger partial charge in [0.1, 0.15) is 6.61 Å². The van der Waals surface area contributed by atoms with Crippen LogP contribution in [-0.4, -0.2) is 31.7 Å². The number of hydrogen-bond donors (Lipinski definition) is 2. The molecule has 0 aliphatic heterocycles. The molecule has 5 nitrogen and oxygen atoms in total. The third-order valence-electron chi connectivity index (χ3n) is 3.11. The molecule has 5 heteroatoms. The predicted octanol–water partition coefficient (Wildman–Crippen LogP) is 3.16. The van der Waals surface area contributed by atoms with Crippen LogP contribution in [0.25, 0.3) is 0 Å². The maximum atomic E-state index is 11.4. The lowest BCUT2D eigenvalue weighted by molar-refractivity contribution is -0.137. The summed E-state index contributed by atoms with van der Waals surface area (Å²) in [4.78, 5) is 22.1. The van der Waals surface area contributed by atoms with E-state index in [2.05, 4.69) is 24.1 Å². The molecular weight excluding hydrogens is 268 g/mol. The van der Waals surface area contributed by atoms with Gasteiger partial charge in [-0.15, -0.1) is 0 Å². The van der Waals surface area contributed by atoms with Crippen molar-refractivity contribution in [3.63, 3.8) is 0 Å². The first-order valence-electron chi connectivity index (χ1n) is 8.01. The summed E-state index contributed by atoms with van der Waals surface area (Å²) in [7, 11) is 0. The van der Waals surface area contributed by atoms with Crippen molar-refractivity contribution in [2.45, 2.75) is 58.3 Å². The smallest absolute Gasteiger partial charge is 0.330 e. The van der Waals surface area contributed by atoms with Gasteiger partial charge in [0.25, 0.3) is 0 Å². The first-order valence-corrected chi connectivity index (χ1v) is 8.01. The van der Waals surface area contributed by atoms with Crippen LogP contribution in [0.2, 0.25) is 0 Å². The van der Waals surface area contributed by atoms with Crippen molar-refractivity contribution in [1.82, 2.24) is 10.6 Å². The summed E-state index contributed by atoms with van der Waals surface area (Å²) in [6, 6.07) is -0.215. The fourth-order valence-corrected chi connectivity index (χ4v) is 1.90. The van der Waals surface area contributed by atoms with E-state index in [9.17, 15) is 9.59 Å². The highest BCUT2D eigenvalue weighted by Crippen LogP contribution is 2.07. The molecule has 0 aromatic rings. The Bertz CT molecular complexity index is 293. The highest BCUT2D eigenvalue weighted by Gasteiger charge is 2.00. The summed E-state index contributed by atoms with van der Waals surface area (Å²) in [6.07, 6.45) is 11.1. The molecule has 21 heavy (non-hydrogen) atoms. The second kappa shape index (κ2) is 14.9. The SMILES string of the molecule is C=CC(=O)OCCNC(=O)NCCCCCCCCCC. The van der Waals surface area contributed by atoms with E-state index in [-0.39, 0.29) is 12.6 Å². The van der Waals surface area contributed by atoms with E-state index in [0.29, 0.717) is 13.1 Å². The molecule has 2 N–H and O–H groups in total. The topological polar surface area (TPSA) is 67.4 Å². The molecule has 0 aliphatic carbocycles. The van der Waals surface area contributed by atoms with Gasteiger partial charge in [-0.25, -0.2) is 9.59 Å². The van der Waals surface area contributed by atoms with E-state index in [1.165, 1.54) is 38.5 Å².